The lowest BCUT2D eigenvalue weighted by atomic mass is 10.0. The Bertz CT molecular complexity index is 833. The highest BCUT2D eigenvalue weighted by atomic mass is 32.1. The van der Waals surface area contributed by atoms with Gasteiger partial charge in [-0.25, -0.2) is 9.78 Å². The van der Waals surface area contributed by atoms with E-state index in [4.69, 9.17) is 15.9 Å². The molecule has 1 aromatic rings. The van der Waals surface area contributed by atoms with Crippen molar-refractivity contribution >= 4 is 42.3 Å². The third-order valence-corrected chi connectivity index (χ3v) is 4.85. The summed E-state index contributed by atoms with van der Waals surface area (Å²) < 4.78 is 0. The van der Waals surface area contributed by atoms with Crippen LogP contribution in [0.4, 0.5) is 0 Å². The zero-order valence-electron chi connectivity index (χ0n) is 18.3. The van der Waals surface area contributed by atoms with Gasteiger partial charge in [0.15, 0.2) is 0 Å². The van der Waals surface area contributed by atoms with Crippen molar-refractivity contribution in [2.75, 3.05) is 5.75 Å². The Balaban J connectivity index is 3.03. The number of hydrogen-bond acceptors (Lipinski definition) is 8. The van der Waals surface area contributed by atoms with E-state index in [-0.39, 0.29) is 18.1 Å². The first-order valence-electron chi connectivity index (χ1n) is 10.1. The quantitative estimate of drug-likeness (QED) is 0.140. The van der Waals surface area contributed by atoms with Crippen molar-refractivity contribution < 1.29 is 34.2 Å². The van der Waals surface area contributed by atoms with Gasteiger partial charge in [0.05, 0.1) is 18.8 Å². The second kappa shape index (κ2) is 13.4. The third-order valence-electron chi connectivity index (χ3n) is 4.48. The number of carboxylic acids is 2. The Morgan fingerprint density at radius 2 is 1.61 bits per heavy atom. The summed E-state index contributed by atoms with van der Waals surface area (Å²) in [6.45, 7) is 3.76. The Morgan fingerprint density at radius 3 is 2.09 bits per heavy atom. The molecule has 1 rings (SSSR count). The molecule has 4 atom stereocenters. The number of nitrogens with zero attached hydrogens (tertiary/aromatic N) is 1. The van der Waals surface area contributed by atoms with Crippen LogP contribution in [0.2, 0.25) is 0 Å². The van der Waals surface area contributed by atoms with Crippen molar-refractivity contribution in [3.05, 3.63) is 18.2 Å². The number of aromatic nitrogens is 2. The minimum atomic E-state index is -1.60. The van der Waals surface area contributed by atoms with E-state index >= 15 is 0 Å². The molecule has 0 aliphatic carbocycles. The average Bonchev–Trinajstić information content (AvgIpc) is 3.22. The maximum absolute atomic E-state index is 12.9. The molecule has 0 aliphatic rings. The zero-order chi connectivity index (χ0) is 25.1. The van der Waals surface area contributed by atoms with E-state index in [0.717, 1.165) is 0 Å². The molecule has 0 spiro atoms. The normalized spacial score (nSPS) is 14.6. The predicted molar refractivity (Wildman–Crippen MR) is 119 cm³/mol. The maximum atomic E-state index is 12.9. The summed E-state index contributed by atoms with van der Waals surface area (Å²) in [5, 5.41) is 25.1. The van der Waals surface area contributed by atoms with Gasteiger partial charge in [-0.15, -0.1) is 0 Å². The van der Waals surface area contributed by atoms with Crippen LogP contribution in [0.1, 0.15) is 32.4 Å². The van der Waals surface area contributed by atoms with Crippen LogP contribution >= 0.6 is 12.6 Å². The molecule has 1 heterocycles. The summed E-state index contributed by atoms with van der Waals surface area (Å²) in [6.07, 6.45) is 2.33. The van der Waals surface area contributed by atoms with Crippen molar-refractivity contribution in [1.82, 2.24) is 25.9 Å². The van der Waals surface area contributed by atoms with Gasteiger partial charge in [-0.1, -0.05) is 13.8 Å². The first-order chi connectivity index (χ1) is 15.4. The Labute approximate surface area is 195 Å². The Hall–Kier alpha value is -3.13. The number of carboxylic acid groups (broad SMARTS) is 2. The number of aliphatic carboxylic acids is 2. The van der Waals surface area contributed by atoms with Crippen LogP contribution < -0.4 is 21.7 Å². The van der Waals surface area contributed by atoms with Gasteiger partial charge in [-0.05, 0) is 12.3 Å². The molecule has 1 aromatic heterocycles. The fraction of sp³-hybridized carbons (Fsp3) is 0.579. The largest absolute Gasteiger partial charge is 0.481 e. The molecule has 14 heteroatoms. The number of carbonyl (C=O) groups is 5. The Morgan fingerprint density at radius 1 is 1.03 bits per heavy atom. The lowest BCUT2D eigenvalue weighted by Gasteiger charge is -2.24. The average molecular weight is 487 g/mol. The molecular weight excluding hydrogens is 456 g/mol. The number of nitrogens with two attached hydrogens (primary N) is 1. The molecule has 0 radical (unpaired) electrons. The first kappa shape index (κ1) is 27.9. The van der Waals surface area contributed by atoms with Crippen LogP contribution in [0.25, 0.3) is 0 Å². The highest BCUT2D eigenvalue weighted by Gasteiger charge is 2.31. The van der Waals surface area contributed by atoms with E-state index in [2.05, 4.69) is 38.5 Å². The molecule has 8 N–H and O–H groups in total. The highest BCUT2D eigenvalue weighted by Crippen LogP contribution is 2.06. The number of amides is 3. The van der Waals surface area contributed by atoms with Crippen LogP contribution in [0.15, 0.2) is 12.5 Å². The molecule has 0 saturated heterocycles. The molecule has 0 fully saturated rings. The standard InChI is InChI=1S/C19H30N6O7S/c1-9(2)3-11(20)16(28)23-12(4-10-6-21-8-22-10)17(29)24-13(5-15(26)27)18(30)25-14(7-33)19(31)32/h6,8-9,11-14,33H,3-5,7,20H2,1-2H3,(H,21,22)(H,23,28)(H,24,29)(H,25,30)(H,26,27)(H,31,32). The lowest BCUT2D eigenvalue weighted by Crippen LogP contribution is -2.58. The van der Waals surface area contributed by atoms with Crippen LogP contribution in [0.5, 0.6) is 0 Å². The number of hydrogen-bond donors (Lipinski definition) is 8. The monoisotopic (exact) mass is 486 g/mol. The number of rotatable bonds is 14. The smallest absolute Gasteiger partial charge is 0.327 e. The number of imidazole rings is 1. The molecule has 0 bridgehead atoms. The van der Waals surface area contributed by atoms with Crippen LogP contribution in [0, 0.1) is 5.92 Å². The van der Waals surface area contributed by atoms with Gasteiger partial charge >= 0.3 is 11.9 Å². The van der Waals surface area contributed by atoms with Crippen molar-refractivity contribution in [3.63, 3.8) is 0 Å². The van der Waals surface area contributed by atoms with E-state index in [1.54, 1.807) is 0 Å². The molecule has 0 saturated carbocycles. The van der Waals surface area contributed by atoms with E-state index < -0.39 is 60.2 Å². The predicted octanol–water partition coefficient (Wildman–Crippen LogP) is -1.73. The number of thiol groups is 1. The van der Waals surface area contributed by atoms with Crippen molar-refractivity contribution in [2.24, 2.45) is 11.7 Å². The molecule has 3 amide bonds. The van der Waals surface area contributed by atoms with Crippen molar-refractivity contribution in [3.8, 4) is 0 Å². The van der Waals surface area contributed by atoms with Gasteiger partial charge in [0, 0.05) is 24.1 Å². The molecule has 184 valence electrons. The summed E-state index contributed by atoms with van der Waals surface area (Å²) in [5.41, 5.74) is 6.38. The lowest BCUT2D eigenvalue weighted by molar-refractivity contribution is -0.143. The summed E-state index contributed by atoms with van der Waals surface area (Å²) in [4.78, 5) is 66.9. The number of H-pyrrole nitrogens is 1. The van der Waals surface area contributed by atoms with Gasteiger partial charge in [-0.2, -0.15) is 12.6 Å². The zero-order valence-corrected chi connectivity index (χ0v) is 19.2. The summed E-state index contributed by atoms with van der Waals surface area (Å²) in [6, 6.07) is -5.07. The van der Waals surface area contributed by atoms with E-state index in [1.165, 1.54) is 12.5 Å². The minimum absolute atomic E-state index is 0.0399. The van der Waals surface area contributed by atoms with Gasteiger partial charge in [0.2, 0.25) is 17.7 Å². The molecule has 33 heavy (non-hydrogen) atoms. The molecule has 4 unspecified atom stereocenters. The van der Waals surface area contributed by atoms with Gasteiger partial charge in [-0.3, -0.25) is 19.2 Å². The third kappa shape index (κ3) is 9.91. The maximum Gasteiger partial charge on any atom is 0.327 e. The van der Waals surface area contributed by atoms with E-state index in [9.17, 15) is 24.0 Å². The first-order valence-corrected chi connectivity index (χ1v) is 10.8. The minimum Gasteiger partial charge on any atom is -0.481 e. The number of carbonyl (C=O) groups excluding carboxylic acids is 3. The topological polar surface area (TPSA) is 217 Å². The van der Waals surface area contributed by atoms with Crippen LogP contribution in [-0.2, 0) is 30.4 Å². The van der Waals surface area contributed by atoms with Gasteiger partial charge in [0.25, 0.3) is 0 Å². The SMILES string of the molecule is CC(C)CC(N)C(=O)NC(Cc1cnc[nH]1)C(=O)NC(CC(=O)O)C(=O)NC(CS)C(=O)O. The molecule has 0 aliphatic heterocycles. The fourth-order valence-electron chi connectivity index (χ4n) is 2.83. The summed E-state index contributed by atoms with van der Waals surface area (Å²) >= 11 is 3.83. The second-order valence-electron chi connectivity index (χ2n) is 7.82. The van der Waals surface area contributed by atoms with Crippen molar-refractivity contribution in [2.45, 2.75) is 57.3 Å². The van der Waals surface area contributed by atoms with Crippen LogP contribution in [0.3, 0.4) is 0 Å². The van der Waals surface area contributed by atoms with Crippen molar-refractivity contribution in [1.29, 1.82) is 0 Å². The van der Waals surface area contributed by atoms with Gasteiger partial charge < -0.3 is 36.9 Å². The molecule has 13 nitrogen and oxygen atoms in total. The van der Waals surface area contributed by atoms with E-state index in [1.807, 2.05) is 13.8 Å². The highest BCUT2D eigenvalue weighted by molar-refractivity contribution is 7.80. The molecular formula is C19H30N6O7S. The number of nitrogens with one attached hydrogen (secondary N) is 4. The molecule has 0 aromatic carbocycles. The Kier molecular flexibility index (Phi) is 11.4. The van der Waals surface area contributed by atoms with Gasteiger partial charge in [0.1, 0.15) is 18.1 Å². The fourth-order valence-corrected chi connectivity index (χ4v) is 3.08. The summed E-state index contributed by atoms with van der Waals surface area (Å²) in [7, 11) is 0. The summed E-state index contributed by atoms with van der Waals surface area (Å²) in [5.74, 6) is -5.36. The van der Waals surface area contributed by atoms with E-state index in [0.29, 0.717) is 12.1 Å². The van der Waals surface area contributed by atoms with Crippen LogP contribution in [-0.4, -0.2) is 79.8 Å². The number of aromatic amines is 1. The second-order valence-corrected chi connectivity index (χ2v) is 8.18.